The number of benzene rings is 1. The van der Waals surface area contributed by atoms with E-state index in [4.69, 9.17) is 9.47 Å². The summed E-state index contributed by atoms with van der Waals surface area (Å²) in [5.74, 6) is -0.189. The fourth-order valence-corrected chi connectivity index (χ4v) is 1.66. The van der Waals surface area contributed by atoms with Crippen molar-refractivity contribution in [1.82, 2.24) is 0 Å². The van der Waals surface area contributed by atoms with Crippen molar-refractivity contribution >= 4 is 5.97 Å². The molecule has 1 atom stereocenters. The molecule has 0 amide bonds. The first kappa shape index (κ1) is 12.4. The summed E-state index contributed by atoms with van der Waals surface area (Å²) in [7, 11) is 0. The molecule has 1 unspecified atom stereocenters. The highest BCUT2D eigenvalue weighted by Crippen LogP contribution is 2.06. The number of ether oxygens (including phenoxy) is 2. The normalized spacial score (nSPS) is 17.2. The second kappa shape index (κ2) is 6.64. The Kier molecular flexibility index (Phi) is 4.59. The van der Waals surface area contributed by atoms with Crippen LogP contribution in [0.25, 0.3) is 0 Å². The molecule has 1 heterocycles. The fourth-order valence-electron chi connectivity index (χ4n) is 1.66. The van der Waals surface area contributed by atoms with E-state index in [-0.39, 0.29) is 18.7 Å². The van der Waals surface area contributed by atoms with E-state index in [9.17, 15) is 4.79 Å². The number of allylic oxidation sites excluding steroid dienone is 2. The van der Waals surface area contributed by atoms with Gasteiger partial charge in [0.05, 0.1) is 6.26 Å². The van der Waals surface area contributed by atoms with E-state index in [1.54, 1.807) is 12.3 Å². The Morgan fingerprint density at radius 2 is 2.06 bits per heavy atom. The van der Waals surface area contributed by atoms with Crippen molar-refractivity contribution in [1.29, 1.82) is 0 Å². The summed E-state index contributed by atoms with van der Waals surface area (Å²) in [4.78, 5) is 11.5. The van der Waals surface area contributed by atoms with Gasteiger partial charge in [-0.05, 0) is 24.1 Å². The second-order valence-electron chi connectivity index (χ2n) is 4.06. The molecular formula is C15H16O3. The number of rotatable bonds is 5. The van der Waals surface area contributed by atoms with E-state index in [2.05, 4.69) is 0 Å². The van der Waals surface area contributed by atoms with E-state index in [0.29, 0.717) is 12.8 Å². The summed E-state index contributed by atoms with van der Waals surface area (Å²) in [5.41, 5.74) is 1.14. The number of carbonyl (C=O) groups excluding carboxylic acids is 1. The summed E-state index contributed by atoms with van der Waals surface area (Å²) in [6.45, 7) is 0.272. The molecular weight excluding hydrogens is 228 g/mol. The van der Waals surface area contributed by atoms with Crippen molar-refractivity contribution in [3.05, 3.63) is 60.4 Å². The molecule has 0 aromatic heterocycles. The zero-order valence-corrected chi connectivity index (χ0v) is 10.1. The van der Waals surface area contributed by atoms with Gasteiger partial charge in [-0.2, -0.15) is 0 Å². The average molecular weight is 244 g/mol. The van der Waals surface area contributed by atoms with Crippen LogP contribution in [0.2, 0.25) is 0 Å². The van der Waals surface area contributed by atoms with Gasteiger partial charge >= 0.3 is 5.97 Å². The largest absolute Gasteiger partial charge is 0.490 e. The lowest BCUT2D eigenvalue weighted by Gasteiger charge is -2.14. The Balaban J connectivity index is 1.66. The second-order valence-corrected chi connectivity index (χ2v) is 4.06. The van der Waals surface area contributed by atoms with Gasteiger partial charge in [0.2, 0.25) is 0 Å². The Morgan fingerprint density at radius 3 is 2.78 bits per heavy atom. The molecule has 0 radical (unpaired) electrons. The minimum absolute atomic E-state index is 0.157. The zero-order valence-electron chi connectivity index (χ0n) is 10.1. The molecule has 0 bridgehead atoms. The third-order valence-electron chi connectivity index (χ3n) is 2.64. The van der Waals surface area contributed by atoms with Crippen molar-refractivity contribution in [3.63, 3.8) is 0 Å². The lowest BCUT2D eigenvalue weighted by molar-refractivity contribution is -0.145. The van der Waals surface area contributed by atoms with E-state index in [0.717, 1.165) is 5.56 Å². The highest BCUT2D eigenvalue weighted by Gasteiger charge is 2.10. The molecule has 0 saturated carbocycles. The highest BCUT2D eigenvalue weighted by molar-refractivity contribution is 5.69. The Morgan fingerprint density at radius 1 is 1.22 bits per heavy atom. The van der Waals surface area contributed by atoms with Gasteiger partial charge in [0.15, 0.2) is 6.10 Å². The van der Waals surface area contributed by atoms with Crippen molar-refractivity contribution in [2.45, 2.75) is 18.9 Å². The Bertz CT molecular complexity index is 434. The maximum Gasteiger partial charge on any atom is 0.306 e. The molecule has 1 aliphatic heterocycles. The first-order valence-electron chi connectivity index (χ1n) is 6.03. The van der Waals surface area contributed by atoms with Crippen LogP contribution in [0.1, 0.15) is 12.0 Å². The van der Waals surface area contributed by atoms with Crippen LogP contribution < -0.4 is 0 Å². The van der Waals surface area contributed by atoms with Gasteiger partial charge in [0, 0.05) is 6.42 Å². The van der Waals surface area contributed by atoms with Crippen LogP contribution >= 0.6 is 0 Å². The SMILES string of the molecule is O=C(CCc1ccccc1)OCC1C=CC=CO1. The van der Waals surface area contributed by atoms with Crippen molar-refractivity contribution < 1.29 is 14.3 Å². The number of hydrogen-bond donors (Lipinski definition) is 0. The third kappa shape index (κ3) is 4.09. The molecule has 3 heteroatoms. The summed E-state index contributed by atoms with van der Waals surface area (Å²) < 4.78 is 10.4. The molecule has 1 aliphatic rings. The van der Waals surface area contributed by atoms with Gasteiger partial charge in [-0.3, -0.25) is 4.79 Å². The summed E-state index contributed by atoms with van der Waals surface area (Å²) >= 11 is 0. The molecule has 18 heavy (non-hydrogen) atoms. The van der Waals surface area contributed by atoms with Crippen LogP contribution in [0, 0.1) is 0 Å². The average Bonchev–Trinajstić information content (AvgIpc) is 2.45. The monoisotopic (exact) mass is 244 g/mol. The molecule has 3 nitrogen and oxygen atoms in total. The van der Waals surface area contributed by atoms with Crippen LogP contribution in [-0.4, -0.2) is 18.7 Å². The van der Waals surface area contributed by atoms with Gasteiger partial charge in [-0.25, -0.2) is 0 Å². The lowest BCUT2D eigenvalue weighted by atomic mass is 10.1. The quantitative estimate of drug-likeness (QED) is 0.747. The molecule has 0 spiro atoms. The van der Waals surface area contributed by atoms with E-state index >= 15 is 0 Å². The van der Waals surface area contributed by atoms with E-state index in [1.165, 1.54) is 0 Å². The van der Waals surface area contributed by atoms with E-state index < -0.39 is 0 Å². The fraction of sp³-hybridized carbons (Fsp3) is 0.267. The molecule has 0 aliphatic carbocycles. The van der Waals surface area contributed by atoms with Crippen molar-refractivity contribution in [2.75, 3.05) is 6.61 Å². The zero-order chi connectivity index (χ0) is 12.6. The number of esters is 1. The number of carbonyl (C=O) groups is 1. The summed E-state index contributed by atoms with van der Waals surface area (Å²) in [6.07, 6.45) is 8.10. The molecule has 0 N–H and O–H groups in total. The minimum atomic E-state index is -0.189. The third-order valence-corrected chi connectivity index (χ3v) is 2.64. The standard InChI is InChI=1S/C15H16O3/c16-15(10-9-13-6-2-1-3-7-13)18-12-14-8-4-5-11-17-14/h1-8,11,14H,9-10,12H2. The van der Waals surface area contributed by atoms with Crippen molar-refractivity contribution in [2.24, 2.45) is 0 Å². The molecule has 1 aromatic carbocycles. The summed E-state index contributed by atoms with van der Waals surface area (Å²) in [6, 6.07) is 9.90. The van der Waals surface area contributed by atoms with Gasteiger partial charge < -0.3 is 9.47 Å². The highest BCUT2D eigenvalue weighted by atomic mass is 16.6. The predicted octanol–water partition coefficient (Wildman–Crippen LogP) is 2.63. The Hall–Kier alpha value is -2.03. The van der Waals surface area contributed by atoms with Crippen LogP contribution in [0.4, 0.5) is 0 Å². The minimum Gasteiger partial charge on any atom is -0.490 e. The maximum absolute atomic E-state index is 11.5. The smallest absolute Gasteiger partial charge is 0.306 e. The first-order chi connectivity index (χ1) is 8.84. The van der Waals surface area contributed by atoms with Crippen molar-refractivity contribution in [3.8, 4) is 0 Å². The van der Waals surface area contributed by atoms with Crippen LogP contribution in [0.15, 0.2) is 54.8 Å². The molecule has 1 aromatic rings. The van der Waals surface area contributed by atoms with Crippen LogP contribution in [-0.2, 0) is 20.7 Å². The number of aryl methyl sites for hydroxylation is 1. The summed E-state index contributed by atoms with van der Waals surface area (Å²) in [5, 5.41) is 0. The van der Waals surface area contributed by atoms with E-state index in [1.807, 2.05) is 42.5 Å². The molecule has 2 rings (SSSR count). The Labute approximate surface area is 107 Å². The van der Waals surface area contributed by atoms with Crippen LogP contribution in [0.5, 0.6) is 0 Å². The van der Waals surface area contributed by atoms with Gasteiger partial charge in [-0.1, -0.05) is 36.4 Å². The molecule has 0 saturated heterocycles. The molecule has 94 valence electrons. The first-order valence-corrected chi connectivity index (χ1v) is 6.03. The van der Waals surface area contributed by atoms with Gasteiger partial charge in [0.1, 0.15) is 6.61 Å². The number of hydrogen-bond acceptors (Lipinski definition) is 3. The van der Waals surface area contributed by atoms with Gasteiger partial charge in [-0.15, -0.1) is 0 Å². The lowest BCUT2D eigenvalue weighted by Crippen LogP contribution is -2.19. The maximum atomic E-state index is 11.5. The van der Waals surface area contributed by atoms with Gasteiger partial charge in [0.25, 0.3) is 0 Å². The van der Waals surface area contributed by atoms with Crippen LogP contribution in [0.3, 0.4) is 0 Å². The topological polar surface area (TPSA) is 35.5 Å². The predicted molar refractivity (Wildman–Crippen MR) is 68.9 cm³/mol. The molecule has 0 fully saturated rings.